The molecule has 4 rings (SSSR count). The van der Waals surface area contributed by atoms with Crippen LogP contribution in [-0.2, 0) is 9.59 Å². The number of piperazine rings is 1. The van der Waals surface area contributed by atoms with Crippen molar-refractivity contribution in [2.45, 2.75) is 45.2 Å². The van der Waals surface area contributed by atoms with Crippen LogP contribution in [0.2, 0.25) is 10.0 Å². The monoisotopic (exact) mass is 520 g/mol. The molecule has 0 bridgehead atoms. The van der Waals surface area contributed by atoms with Crippen LogP contribution in [-0.4, -0.2) is 48.9 Å². The van der Waals surface area contributed by atoms with Crippen molar-refractivity contribution in [1.29, 1.82) is 0 Å². The first-order chi connectivity index (χ1) is 16.5. The quantitative estimate of drug-likeness (QED) is 0.546. The van der Waals surface area contributed by atoms with E-state index in [4.69, 9.17) is 23.2 Å². The van der Waals surface area contributed by atoms with E-state index in [-0.39, 0.29) is 22.3 Å². The number of halogens is 3. The Morgan fingerprint density at radius 1 is 1.14 bits per heavy atom. The molecule has 0 saturated carbocycles. The average Bonchev–Trinajstić information content (AvgIpc) is 2.79. The molecule has 9 heteroatoms. The van der Waals surface area contributed by atoms with Crippen LogP contribution in [0.3, 0.4) is 0 Å². The Labute approximate surface area is 215 Å². The first kappa shape index (κ1) is 25.9. The Bertz CT molecular complexity index is 1120. The van der Waals surface area contributed by atoms with Gasteiger partial charge in [0.2, 0.25) is 11.8 Å². The number of nitrogens with zero attached hydrogens (tertiary/aromatic N) is 1. The summed E-state index contributed by atoms with van der Waals surface area (Å²) in [5.41, 5.74) is 1.48. The fourth-order valence-corrected chi connectivity index (χ4v) is 5.21. The highest BCUT2D eigenvalue weighted by Gasteiger charge is 2.42. The number of fused-ring (bicyclic) bond motifs is 1. The van der Waals surface area contributed by atoms with Gasteiger partial charge in [0.05, 0.1) is 10.9 Å². The molecule has 188 valence electrons. The van der Waals surface area contributed by atoms with Crippen LogP contribution in [0.4, 0.5) is 10.1 Å². The molecular weight excluding hydrogens is 490 g/mol. The third-order valence-corrected chi connectivity index (χ3v) is 6.97. The van der Waals surface area contributed by atoms with Gasteiger partial charge >= 0.3 is 0 Å². The molecule has 0 aromatic heterocycles. The van der Waals surface area contributed by atoms with Gasteiger partial charge in [0.25, 0.3) is 0 Å². The van der Waals surface area contributed by atoms with E-state index in [0.717, 1.165) is 0 Å². The Morgan fingerprint density at radius 2 is 1.86 bits per heavy atom. The molecule has 1 saturated heterocycles. The summed E-state index contributed by atoms with van der Waals surface area (Å²) in [4.78, 5) is 29.4. The second kappa shape index (κ2) is 10.4. The van der Waals surface area contributed by atoms with Crippen LogP contribution in [0.25, 0.3) is 0 Å². The molecule has 2 heterocycles. The third kappa shape index (κ3) is 5.97. The van der Waals surface area contributed by atoms with E-state index in [1.165, 1.54) is 12.1 Å². The summed E-state index contributed by atoms with van der Waals surface area (Å²) in [6.07, 6.45) is 0.602. The summed E-state index contributed by atoms with van der Waals surface area (Å²) >= 11 is 12.4. The van der Waals surface area contributed by atoms with E-state index < -0.39 is 23.8 Å². The summed E-state index contributed by atoms with van der Waals surface area (Å²) in [5, 5.41) is 10.1. The fourth-order valence-electron chi connectivity index (χ4n) is 4.84. The fraction of sp³-hybridized carbons (Fsp3) is 0.462. The molecule has 2 aliphatic heterocycles. The molecule has 2 aliphatic rings. The average molecular weight is 521 g/mol. The number of benzene rings is 2. The Balaban J connectivity index is 1.86. The smallest absolute Gasteiger partial charge is 0.240 e. The normalized spacial score (nSPS) is 23.2. The number of nitrogens with one attached hydrogen (secondary N) is 3. The number of carbonyl (C=O) groups is 2. The maximum atomic E-state index is 14.6. The number of carbonyl (C=O) groups excluding carboxylic acids is 2. The molecule has 6 nitrogen and oxygen atoms in total. The van der Waals surface area contributed by atoms with Gasteiger partial charge in [0.1, 0.15) is 11.9 Å². The van der Waals surface area contributed by atoms with Crippen LogP contribution in [0.1, 0.15) is 50.3 Å². The molecule has 1 unspecified atom stereocenters. The van der Waals surface area contributed by atoms with Gasteiger partial charge in [-0.25, -0.2) is 4.39 Å². The summed E-state index contributed by atoms with van der Waals surface area (Å²) in [6.45, 7) is 8.71. The zero-order valence-electron chi connectivity index (χ0n) is 20.1. The molecule has 2 aromatic rings. The highest BCUT2D eigenvalue weighted by Crippen LogP contribution is 2.39. The molecule has 2 amide bonds. The molecule has 0 spiro atoms. The predicted octanol–water partition coefficient (Wildman–Crippen LogP) is 4.74. The van der Waals surface area contributed by atoms with Gasteiger partial charge in [-0.1, -0.05) is 56.1 Å². The predicted molar refractivity (Wildman–Crippen MR) is 137 cm³/mol. The summed E-state index contributed by atoms with van der Waals surface area (Å²) in [6, 6.07) is 8.53. The minimum atomic E-state index is -0.870. The van der Waals surface area contributed by atoms with Gasteiger partial charge in [-0.2, -0.15) is 0 Å². The number of hydrogen-bond acceptors (Lipinski definition) is 4. The first-order valence-corrected chi connectivity index (χ1v) is 12.6. The number of anilines is 1. The summed E-state index contributed by atoms with van der Waals surface area (Å²) in [7, 11) is 0. The molecule has 1 fully saturated rings. The Morgan fingerprint density at radius 3 is 2.51 bits per heavy atom. The van der Waals surface area contributed by atoms with Gasteiger partial charge in [-0.05, 0) is 47.2 Å². The molecule has 3 N–H and O–H groups in total. The lowest BCUT2D eigenvalue weighted by Crippen LogP contribution is -2.57. The zero-order valence-corrected chi connectivity index (χ0v) is 21.6. The lowest BCUT2D eigenvalue weighted by atomic mass is 9.81. The Hall–Kier alpha value is -2.19. The number of hydrogen-bond donors (Lipinski definition) is 3. The van der Waals surface area contributed by atoms with E-state index in [1.807, 2.05) is 0 Å². The SMILES string of the molecule is CC(C)(C)C[C@H]1N[C@@H](C(=O)N2CCNCC2)C(c2cccc(Cl)c2)C(=O)Nc2cc(Cl)c(F)cc21. The molecule has 35 heavy (non-hydrogen) atoms. The zero-order chi connectivity index (χ0) is 25.3. The molecule has 3 atom stereocenters. The van der Waals surface area contributed by atoms with Gasteiger partial charge < -0.3 is 15.5 Å². The van der Waals surface area contributed by atoms with Crippen molar-refractivity contribution in [1.82, 2.24) is 15.5 Å². The van der Waals surface area contributed by atoms with E-state index in [9.17, 15) is 14.0 Å². The molecular formula is C26H31Cl2FN4O2. The maximum absolute atomic E-state index is 14.6. The molecule has 0 radical (unpaired) electrons. The minimum absolute atomic E-state index is 0.0770. The number of amides is 2. The van der Waals surface area contributed by atoms with Crippen LogP contribution >= 0.6 is 23.2 Å². The van der Waals surface area contributed by atoms with E-state index in [2.05, 4.69) is 36.7 Å². The third-order valence-electron chi connectivity index (χ3n) is 6.44. The standard InChI is InChI=1S/C26H31Cl2FN4O2/c1-26(2,3)14-21-17-12-19(29)18(28)13-20(17)32-24(34)22(15-5-4-6-16(27)11-15)23(31-21)25(35)33-9-7-30-8-10-33/h4-6,11-13,21-23,30-31H,7-10,14H2,1-3H3,(H,32,34)/t21-,22?,23-/m1/s1. The van der Waals surface area contributed by atoms with Gasteiger partial charge in [0.15, 0.2) is 0 Å². The summed E-state index contributed by atoms with van der Waals surface area (Å²) < 4.78 is 14.6. The largest absolute Gasteiger partial charge is 0.339 e. The lowest BCUT2D eigenvalue weighted by molar-refractivity contribution is -0.137. The first-order valence-electron chi connectivity index (χ1n) is 11.8. The van der Waals surface area contributed by atoms with Gasteiger partial charge in [0, 0.05) is 42.9 Å². The second-order valence-corrected chi connectivity index (χ2v) is 11.3. The van der Waals surface area contributed by atoms with Crippen LogP contribution < -0.4 is 16.0 Å². The molecule has 2 aromatic carbocycles. The van der Waals surface area contributed by atoms with E-state index >= 15 is 0 Å². The van der Waals surface area contributed by atoms with Crippen LogP contribution in [0.5, 0.6) is 0 Å². The van der Waals surface area contributed by atoms with E-state index in [1.54, 1.807) is 29.2 Å². The van der Waals surface area contributed by atoms with Crippen molar-refractivity contribution in [3.8, 4) is 0 Å². The van der Waals surface area contributed by atoms with Crippen molar-refractivity contribution in [2.75, 3.05) is 31.5 Å². The molecule has 0 aliphatic carbocycles. The number of rotatable bonds is 3. The van der Waals surface area contributed by atoms with Gasteiger partial charge in [-0.3, -0.25) is 14.9 Å². The van der Waals surface area contributed by atoms with Crippen molar-refractivity contribution in [2.24, 2.45) is 5.41 Å². The maximum Gasteiger partial charge on any atom is 0.240 e. The topological polar surface area (TPSA) is 73.5 Å². The van der Waals surface area contributed by atoms with Crippen molar-refractivity contribution >= 4 is 40.7 Å². The lowest BCUT2D eigenvalue weighted by Gasteiger charge is -2.39. The van der Waals surface area contributed by atoms with E-state index in [0.29, 0.717) is 54.4 Å². The Kier molecular flexibility index (Phi) is 7.71. The van der Waals surface area contributed by atoms with Crippen LogP contribution in [0, 0.1) is 11.2 Å². The van der Waals surface area contributed by atoms with Gasteiger partial charge in [-0.15, -0.1) is 0 Å². The van der Waals surface area contributed by atoms with Crippen molar-refractivity contribution in [3.63, 3.8) is 0 Å². The van der Waals surface area contributed by atoms with Crippen molar-refractivity contribution in [3.05, 3.63) is 63.4 Å². The minimum Gasteiger partial charge on any atom is -0.339 e. The highest BCUT2D eigenvalue weighted by molar-refractivity contribution is 6.31. The second-order valence-electron chi connectivity index (χ2n) is 10.4. The highest BCUT2D eigenvalue weighted by atomic mass is 35.5. The van der Waals surface area contributed by atoms with Crippen molar-refractivity contribution < 1.29 is 14.0 Å². The van der Waals surface area contributed by atoms with Crippen LogP contribution in [0.15, 0.2) is 36.4 Å². The summed E-state index contributed by atoms with van der Waals surface area (Å²) in [5.74, 6) is -1.97.